The Bertz CT molecular complexity index is 577. The highest BCUT2D eigenvalue weighted by atomic mass is 32.2. The summed E-state index contributed by atoms with van der Waals surface area (Å²) in [7, 11) is 1.89. The molecule has 8 heteroatoms. The maximum atomic E-state index is 10.8. The number of thiazole rings is 1. The first kappa shape index (κ1) is 14.0. The summed E-state index contributed by atoms with van der Waals surface area (Å²) in [6.07, 6.45) is 0.817. The summed E-state index contributed by atoms with van der Waals surface area (Å²) in [5.74, 6) is 1.22. The third-order valence-corrected chi connectivity index (χ3v) is 4.41. The van der Waals surface area contributed by atoms with Gasteiger partial charge >= 0.3 is 0 Å². The zero-order chi connectivity index (χ0) is 13.8. The molecule has 1 amide bonds. The van der Waals surface area contributed by atoms with Gasteiger partial charge in [0, 0.05) is 31.0 Å². The SMILES string of the molecule is Cc1nc(CSc2nnc(CCC(N)=O)n2C)cs1. The summed E-state index contributed by atoms with van der Waals surface area (Å²) in [6, 6.07) is 0. The quantitative estimate of drug-likeness (QED) is 0.812. The van der Waals surface area contributed by atoms with Crippen LogP contribution in [0.15, 0.2) is 10.5 Å². The van der Waals surface area contributed by atoms with E-state index < -0.39 is 0 Å². The Morgan fingerprint density at radius 2 is 2.32 bits per heavy atom. The highest BCUT2D eigenvalue weighted by Gasteiger charge is 2.10. The van der Waals surface area contributed by atoms with Crippen molar-refractivity contribution in [1.82, 2.24) is 19.7 Å². The molecule has 0 bridgehead atoms. The lowest BCUT2D eigenvalue weighted by molar-refractivity contribution is -0.118. The molecule has 0 aliphatic carbocycles. The van der Waals surface area contributed by atoms with Crippen molar-refractivity contribution in [3.8, 4) is 0 Å². The molecule has 2 rings (SSSR count). The molecule has 0 radical (unpaired) electrons. The second-order valence-electron chi connectivity index (χ2n) is 4.07. The molecule has 2 aromatic rings. The minimum absolute atomic E-state index is 0.294. The first-order valence-electron chi connectivity index (χ1n) is 5.76. The largest absolute Gasteiger partial charge is 0.370 e. The zero-order valence-corrected chi connectivity index (χ0v) is 12.4. The molecular weight excluding hydrogens is 282 g/mol. The monoisotopic (exact) mass is 297 g/mol. The van der Waals surface area contributed by atoms with Crippen molar-refractivity contribution in [3.05, 3.63) is 21.9 Å². The van der Waals surface area contributed by atoms with E-state index in [1.807, 2.05) is 23.9 Å². The number of primary amides is 1. The molecule has 2 N–H and O–H groups in total. The number of nitrogens with zero attached hydrogens (tertiary/aromatic N) is 4. The number of hydrogen-bond donors (Lipinski definition) is 1. The number of aromatic nitrogens is 4. The predicted molar refractivity (Wildman–Crippen MR) is 74.9 cm³/mol. The minimum atomic E-state index is -0.324. The summed E-state index contributed by atoms with van der Waals surface area (Å²) in [4.78, 5) is 15.2. The average Bonchev–Trinajstić information content (AvgIpc) is 2.91. The molecule has 0 spiro atoms. The number of amides is 1. The van der Waals surface area contributed by atoms with Gasteiger partial charge in [0.2, 0.25) is 5.91 Å². The zero-order valence-electron chi connectivity index (χ0n) is 10.8. The minimum Gasteiger partial charge on any atom is -0.370 e. The number of carbonyl (C=O) groups is 1. The summed E-state index contributed by atoms with van der Waals surface area (Å²) in [5, 5.41) is 12.1. The summed E-state index contributed by atoms with van der Waals surface area (Å²) < 4.78 is 1.90. The predicted octanol–water partition coefficient (Wildman–Crippen LogP) is 1.29. The first-order valence-corrected chi connectivity index (χ1v) is 7.63. The molecule has 6 nitrogen and oxygen atoms in total. The molecule has 0 saturated heterocycles. The molecule has 0 unspecified atom stereocenters. The van der Waals surface area contributed by atoms with E-state index in [4.69, 9.17) is 5.73 Å². The van der Waals surface area contributed by atoms with Crippen molar-refractivity contribution in [2.24, 2.45) is 12.8 Å². The molecule has 0 aliphatic rings. The van der Waals surface area contributed by atoms with Gasteiger partial charge in [-0.1, -0.05) is 11.8 Å². The topological polar surface area (TPSA) is 86.7 Å². The van der Waals surface area contributed by atoms with Gasteiger partial charge in [0.25, 0.3) is 0 Å². The fourth-order valence-corrected chi connectivity index (χ4v) is 3.08. The Morgan fingerprint density at radius 1 is 1.53 bits per heavy atom. The van der Waals surface area contributed by atoms with Crippen LogP contribution < -0.4 is 5.73 Å². The van der Waals surface area contributed by atoms with Gasteiger partial charge in [-0.05, 0) is 6.92 Å². The van der Waals surface area contributed by atoms with E-state index in [0.29, 0.717) is 12.8 Å². The molecule has 0 atom stereocenters. The Morgan fingerprint density at radius 3 is 2.95 bits per heavy atom. The normalized spacial score (nSPS) is 10.8. The molecule has 2 aromatic heterocycles. The molecule has 2 heterocycles. The van der Waals surface area contributed by atoms with Crippen LogP contribution in [-0.4, -0.2) is 25.7 Å². The van der Waals surface area contributed by atoms with Crippen LogP contribution in [0.3, 0.4) is 0 Å². The van der Waals surface area contributed by atoms with Crippen molar-refractivity contribution >= 4 is 29.0 Å². The van der Waals surface area contributed by atoms with Gasteiger partial charge in [-0.2, -0.15) is 0 Å². The van der Waals surface area contributed by atoms with Gasteiger partial charge in [-0.15, -0.1) is 21.5 Å². The fraction of sp³-hybridized carbons (Fsp3) is 0.455. The second kappa shape index (κ2) is 6.16. The van der Waals surface area contributed by atoms with Crippen molar-refractivity contribution in [3.63, 3.8) is 0 Å². The maximum absolute atomic E-state index is 10.8. The second-order valence-corrected chi connectivity index (χ2v) is 6.08. The van der Waals surface area contributed by atoms with Crippen LogP contribution in [0, 0.1) is 6.92 Å². The van der Waals surface area contributed by atoms with E-state index in [1.165, 1.54) is 0 Å². The highest BCUT2D eigenvalue weighted by Crippen LogP contribution is 2.22. The van der Waals surface area contributed by atoms with Gasteiger partial charge in [0.05, 0.1) is 10.7 Å². The Hall–Kier alpha value is -1.41. The third kappa shape index (κ3) is 3.77. The van der Waals surface area contributed by atoms with Crippen LogP contribution in [0.5, 0.6) is 0 Å². The van der Waals surface area contributed by atoms with Crippen LogP contribution >= 0.6 is 23.1 Å². The van der Waals surface area contributed by atoms with E-state index in [-0.39, 0.29) is 5.91 Å². The van der Waals surface area contributed by atoms with Gasteiger partial charge in [-0.3, -0.25) is 4.79 Å². The number of nitrogens with two attached hydrogens (primary N) is 1. The summed E-state index contributed by atoms with van der Waals surface area (Å²) in [5.41, 5.74) is 6.18. The lowest BCUT2D eigenvalue weighted by Gasteiger charge is -2.01. The lowest BCUT2D eigenvalue weighted by atomic mass is 10.3. The highest BCUT2D eigenvalue weighted by molar-refractivity contribution is 7.98. The summed E-state index contributed by atoms with van der Waals surface area (Å²) in [6.45, 7) is 1.99. The van der Waals surface area contributed by atoms with Gasteiger partial charge in [0.1, 0.15) is 5.82 Å². The van der Waals surface area contributed by atoms with Crippen molar-refractivity contribution < 1.29 is 4.79 Å². The van der Waals surface area contributed by atoms with Crippen LogP contribution in [-0.2, 0) is 24.0 Å². The van der Waals surface area contributed by atoms with Crippen LogP contribution in [0.4, 0.5) is 0 Å². The van der Waals surface area contributed by atoms with E-state index >= 15 is 0 Å². The Kier molecular flexibility index (Phi) is 4.54. The lowest BCUT2D eigenvalue weighted by Crippen LogP contribution is -2.12. The number of rotatable bonds is 6. The van der Waals surface area contributed by atoms with Crippen molar-refractivity contribution in [1.29, 1.82) is 0 Å². The van der Waals surface area contributed by atoms with Crippen LogP contribution in [0.2, 0.25) is 0 Å². The molecule has 102 valence electrons. The number of thioether (sulfide) groups is 1. The molecule has 19 heavy (non-hydrogen) atoms. The van der Waals surface area contributed by atoms with Gasteiger partial charge in [0.15, 0.2) is 5.16 Å². The first-order chi connectivity index (χ1) is 9.06. The van der Waals surface area contributed by atoms with Crippen molar-refractivity contribution in [2.75, 3.05) is 0 Å². The van der Waals surface area contributed by atoms with E-state index in [9.17, 15) is 4.79 Å². The Balaban J connectivity index is 1.95. The standard InChI is InChI=1S/C11H15N5OS2/c1-7-13-8(5-18-7)6-19-11-15-14-10(16(11)2)4-3-9(12)17/h5H,3-4,6H2,1-2H3,(H2,12,17). The van der Waals surface area contributed by atoms with Crippen LogP contribution in [0.25, 0.3) is 0 Å². The van der Waals surface area contributed by atoms with Crippen LogP contribution in [0.1, 0.15) is 22.9 Å². The molecule has 0 aliphatic heterocycles. The number of carbonyl (C=O) groups excluding carboxylic acids is 1. The molecule has 0 aromatic carbocycles. The van der Waals surface area contributed by atoms with E-state index in [0.717, 1.165) is 27.4 Å². The number of hydrogen-bond acceptors (Lipinski definition) is 6. The van der Waals surface area contributed by atoms with Gasteiger partial charge < -0.3 is 10.3 Å². The van der Waals surface area contributed by atoms with Crippen molar-refractivity contribution in [2.45, 2.75) is 30.7 Å². The summed E-state index contributed by atoms with van der Waals surface area (Å²) >= 11 is 3.23. The maximum Gasteiger partial charge on any atom is 0.217 e. The molecular formula is C11H15N5OS2. The smallest absolute Gasteiger partial charge is 0.217 e. The fourth-order valence-electron chi connectivity index (χ4n) is 1.54. The van der Waals surface area contributed by atoms with E-state index in [2.05, 4.69) is 15.2 Å². The van der Waals surface area contributed by atoms with Gasteiger partial charge in [-0.25, -0.2) is 4.98 Å². The van der Waals surface area contributed by atoms with E-state index in [1.54, 1.807) is 23.1 Å². The molecule has 0 saturated carbocycles. The molecule has 0 fully saturated rings. The average molecular weight is 297 g/mol. The Labute approximate surface area is 119 Å². The number of aryl methyl sites for hydroxylation is 2. The third-order valence-electron chi connectivity index (χ3n) is 2.54.